The van der Waals surface area contributed by atoms with E-state index in [1.165, 1.54) is 5.56 Å². The lowest BCUT2D eigenvalue weighted by Crippen LogP contribution is -2.28. The number of carbonyl (C=O) groups is 2. The molecular formula is C19H22N4O2. The van der Waals surface area contributed by atoms with Gasteiger partial charge in [0.2, 0.25) is 17.8 Å². The topological polar surface area (TPSA) is 75.2 Å². The lowest BCUT2D eigenvalue weighted by atomic mass is 10.1. The number of aromatic nitrogens is 2. The number of amides is 2. The Labute approximate surface area is 147 Å². The molecule has 3 rings (SSSR count). The standard InChI is InChI=1S/C19H22N4O2/c1-4-14-5-7-16(8-6-14)23-11-15(10-17(23)24)18(25)22-19-20-12(2)9-13(3)21-19/h5-9,15H,4,10-11H2,1-3H3,(H,20,21,22,25)/t15-/m1/s1. The zero-order valence-electron chi connectivity index (χ0n) is 14.7. The van der Waals surface area contributed by atoms with E-state index in [0.29, 0.717) is 12.5 Å². The fourth-order valence-electron chi connectivity index (χ4n) is 3.04. The SMILES string of the molecule is CCc1ccc(N2C[C@H](C(=O)Nc3nc(C)cc(C)n3)CC2=O)cc1. The Hall–Kier alpha value is -2.76. The molecule has 6 nitrogen and oxygen atoms in total. The normalized spacial score (nSPS) is 17.0. The van der Waals surface area contributed by atoms with Crippen molar-refractivity contribution in [3.05, 3.63) is 47.3 Å². The van der Waals surface area contributed by atoms with Crippen LogP contribution in [-0.2, 0) is 16.0 Å². The van der Waals surface area contributed by atoms with Crippen LogP contribution in [0.15, 0.2) is 30.3 Å². The van der Waals surface area contributed by atoms with Gasteiger partial charge in [0.25, 0.3) is 0 Å². The molecule has 6 heteroatoms. The van der Waals surface area contributed by atoms with Gasteiger partial charge in [-0.25, -0.2) is 9.97 Å². The van der Waals surface area contributed by atoms with Crippen molar-refractivity contribution in [2.45, 2.75) is 33.6 Å². The van der Waals surface area contributed by atoms with Crippen molar-refractivity contribution in [2.24, 2.45) is 5.92 Å². The minimum atomic E-state index is -0.400. The molecule has 25 heavy (non-hydrogen) atoms. The van der Waals surface area contributed by atoms with Gasteiger partial charge in [-0.15, -0.1) is 0 Å². The summed E-state index contributed by atoms with van der Waals surface area (Å²) in [6, 6.07) is 9.74. The predicted octanol–water partition coefficient (Wildman–Crippen LogP) is 2.65. The van der Waals surface area contributed by atoms with E-state index in [1.54, 1.807) is 4.90 Å². The number of carbonyl (C=O) groups excluding carboxylic acids is 2. The highest BCUT2D eigenvalue weighted by atomic mass is 16.2. The van der Waals surface area contributed by atoms with E-state index in [9.17, 15) is 9.59 Å². The molecule has 0 unspecified atom stereocenters. The Morgan fingerprint density at radius 3 is 2.44 bits per heavy atom. The van der Waals surface area contributed by atoms with Crippen LogP contribution in [0.3, 0.4) is 0 Å². The summed E-state index contributed by atoms with van der Waals surface area (Å²) >= 11 is 0. The third-order valence-electron chi connectivity index (χ3n) is 4.37. The summed E-state index contributed by atoms with van der Waals surface area (Å²) in [5, 5.41) is 2.74. The van der Waals surface area contributed by atoms with Gasteiger partial charge >= 0.3 is 0 Å². The highest BCUT2D eigenvalue weighted by Crippen LogP contribution is 2.26. The van der Waals surface area contributed by atoms with Crippen molar-refractivity contribution < 1.29 is 9.59 Å². The molecule has 0 aliphatic carbocycles. The van der Waals surface area contributed by atoms with Crippen LogP contribution in [0, 0.1) is 19.8 Å². The van der Waals surface area contributed by atoms with Crippen LogP contribution < -0.4 is 10.2 Å². The van der Waals surface area contributed by atoms with Gasteiger partial charge in [0.05, 0.1) is 5.92 Å². The van der Waals surface area contributed by atoms with Gasteiger partial charge in [-0.1, -0.05) is 19.1 Å². The molecule has 2 aromatic rings. The van der Waals surface area contributed by atoms with Crippen molar-refractivity contribution in [1.29, 1.82) is 0 Å². The Balaban J connectivity index is 1.69. The molecule has 0 saturated carbocycles. The summed E-state index contributed by atoms with van der Waals surface area (Å²) in [6.07, 6.45) is 1.15. The summed E-state index contributed by atoms with van der Waals surface area (Å²) in [5.74, 6) is -0.361. The van der Waals surface area contributed by atoms with Gasteiger partial charge in [-0.05, 0) is 44.0 Å². The van der Waals surface area contributed by atoms with Crippen LogP contribution >= 0.6 is 0 Å². The number of hydrogen-bond acceptors (Lipinski definition) is 4. The van der Waals surface area contributed by atoms with Gasteiger partial charge < -0.3 is 4.90 Å². The lowest BCUT2D eigenvalue weighted by Gasteiger charge is -2.17. The number of aryl methyl sites for hydroxylation is 3. The summed E-state index contributed by atoms with van der Waals surface area (Å²) < 4.78 is 0. The minimum absolute atomic E-state index is 0.0364. The second-order valence-corrected chi connectivity index (χ2v) is 6.39. The summed E-state index contributed by atoms with van der Waals surface area (Å²) in [6.45, 7) is 6.17. The first-order valence-corrected chi connectivity index (χ1v) is 8.48. The molecule has 1 saturated heterocycles. The van der Waals surface area contributed by atoms with Crippen molar-refractivity contribution in [3.8, 4) is 0 Å². The molecule has 0 radical (unpaired) electrons. The maximum atomic E-state index is 12.5. The molecule has 2 amide bonds. The number of rotatable bonds is 4. The van der Waals surface area contributed by atoms with Gasteiger partial charge in [-0.3, -0.25) is 14.9 Å². The largest absolute Gasteiger partial charge is 0.312 e. The zero-order chi connectivity index (χ0) is 18.0. The van der Waals surface area contributed by atoms with Crippen LogP contribution in [0.5, 0.6) is 0 Å². The summed E-state index contributed by atoms with van der Waals surface area (Å²) in [7, 11) is 0. The molecule has 0 spiro atoms. The molecule has 1 fully saturated rings. The molecular weight excluding hydrogens is 316 g/mol. The zero-order valence-corrected chi connectivity index (χ0v) is 14.7. The Kier molecular flexibility index (Phi) is 4.79. The monoisotopic (exact) mass is 338 g/mol. The van der Waals surface area contributed by atoms with Gasteiger partial charge in [0.15, 0.2) is 0 Å². The molecule has 1 atom stereocenters. The number of nitrogens with zero attached hydrogens (tertiary/aromatic N) is 3. The van der Waals surface area contributed by atoms with Gasteiger partial charge in [-0.2, -0.15) is 0 Å². The van der Waals surface area contributed by atoms with Crippen LogP contribution in [0.25, 0.3) is 0 Å². The van der Waals surface area contributed by atoms with E-state index in [0.717, 1.165) is 23.5 Å². The highest BCUT2D eigenvalue weighted by Gasteiger charge is 2.35. The van der Waals surface area contributed by atoms with Crippen molar-refractivity contribution in [1.82, 2.24) is 9.97 Å². The van der Waals surface area contributed by atoms with Crippen LogP contribution in [0.2, 0.25) is 0 Å². The number of hydrogen-bond donors (Lipinski definition) is 1. The Morgan fingerprint density at radius 2 is 1.84 bits per heavy atom. The predicted molar refractivity (Wildman–Crippen MR) is 96.4 cm³/mol. The average molecular weight is 338 g/mol. The quantitative estimate of drug-likeness (QED) is 0.930. The number of benzene rings is 1. The molecule has 1 aliphatic heterocycles. The second kappa shape index (κ2) is 7.01. The maximum Gasteiger partial charge on any atom is 0.232 e. The van der Waals surface area contributed by atoms with Crippen molar-refractivity contribution >= 4 is 23.5 Å². The number of nitrogens with one attached hydrogen (secondary N) is 1. The lowest BCUT2D eigenvalue weighted by molar-refractivity contribution is -0.122. The van der Waals surface area contributed by atoms with Crippen molar-refractivity contribution in [2.75, 3.05) is 16.8 Å². The minimum Gasteiger partial charge on any atom is -0.312 e. The second-order valence-electron chi connectivity index (χ2n) is 6.39. The summed E-state index contributed by atoms with van der Waals surface area (Å²) in [5.41, 5.74) is 3.64. The fourth-order valence-corrected chi connectivity index (χ4v) is 3.04. The first-order valence-electron chi connectivity index (χ1n) is 8.48. The fraction of sp³-hybridized carbons (Fsp3) is 0.368. The van der Waals surface area contributed by atoms with Gasteiger partial charge in [0, 0.05) is 30.0 Å². The van der Waals surface area contributed by atoms with Crippen LogP contribution in [-0.4, -0.2) is 28.3 Å². The average Bonchev–Trinajstić information content (AvgIpc) is 2.96. The first-order chi connectivity index (χ1) is 12.0. The molecule has 2 heterocycles. The van der Waals surface area contributed by atoms with E-state index >= 15 is 0 Å². The van der Waals surface area contributed by atoms with E-state index in [1.807, 2.05) is 44.2 Å². The Morgan fingerprint density at radius 1 is 1.20 bits per heavy atom. The molecule has 1 aliphatic rings. The molecule has 0 bridgehead atoms. The molecule has 1 aromatic carbocycles. The first kappa shape index (κ1) is 17.1. The summed E-state index contributed by atoms with van der Waals surface area (Å²) in [4.78, 5) is 34.9. The van der Waals surface area contributed by atoms with Crippen molar-refractivity contribution in [3.63, 3.8) is 0 Å². The maximum absolute atomic E-state index is 12.5. The Bertz CT molecular complexity index is 781. The van der Waals surface area contributed by atoms with E-state index in [4.69, 9.17) is 0 Å². The van der Waals surface area contributed by atoms with Crippen LogP contribution in [0.4, 0.5) is 11.6 Å². The molecule has 1 aromatic heterocycles. The molecule has 1 N–H and O–H groups in total. The third-order valence-corrected chi connectivity index (χ3v) is 4.37. The van der Waals surface area contributed by atoms with E-state index < -0.39 is 5.92 Å². The molecule has 130 valence electrons. The highest BCUT2D eigenvalue weighted by molar-refractivity contribution is 6.03. The smallest absolute Gasteiger partial charge is 0.232 e. The van der Waals surface area contributed by atoms with Crippen LogP contribution in [0.1, 0.15) is 30.3 Å². The van der Waals surface area contributed by atoms with E-state index in [2.05, 4.69) is 22.2 Å². The van der Waals surface area contributed by atoms with E-state index in [-0.39, 0.29) is 18.2 Å². The number of anilines is 2. The third kappa shape index (κ3) is 3.84. The van der Waals surface area contributed by atoms with Gasteiger partial charge in [0.1, 0.15) is 0 Å².